The number of rotatable bonds is 6. The van der Waals surface area contributed by atoms with Gasteiger partial charge in [0.25, 0.3) is 10.2 Å². The molecule has 0 aromatic heterocycles. The van der Waals surface area contributed by atoms with Crippen LogP contribution in [0.2, 0.25) is 0 Å². The molecule has 0 aliphatic carbocycles. The Balaban J connectivity index is 4.35. The van der Waals surface area contributed by atoms with Gasteiger partial charge < -0.3 is 5.73 Å². The topological polar surface area (TPSA) is 84.2 Å². The van der Waals surface area contributed by atoms with Gasteiger partial charge in [0.2, 0.25) is 0 Å². The number of nitrogens with one attached hydrogen (secondary N) is 2. The standard InChI is InChI=1S/C6H15N3O2S2/c1-3-4-5(6(7)12)9-13(10,11)8-2/h5,8-9H,3-4H2,1-2H3,(H2,7,12). The molecule has 0 radical (unpaired) electrons. The molecule has 0 spiro atoms. The van der Waals surface area contributed by atoms with E-state index in [0.29, 0.717) is 6.42 Å². The summed E-state index contributed by atoms with van der Waals surface area (Å²) in [5.41, 5.74) is 5.36. The van der Waals surface area contributed by atoms with Gasteiger partial charge in [-0.15, -0.1) is 0 Å². The molecule has 78 valence electrons. The molecule has 0 bridgehead atoms. The Bertz CT molecular complexity index is 263. The third-order valence-electron chi connectivity index (χ3n) is 1.49. The van der Waals surface area contributed by atoms with E-state index in [2.05, 4.69) is 9.44 Å². The van der Waals surface area contributed by atoms with Crippen molar-refractivity contribution in [3.8, 4) is 0 Å². The molecule has 0 aromatic rings. The fraction of sp³-hybridized carbons (Fsp3) is 0.833. The van der Waals surface area contributed by atoms with Crippen LogP contribution in [0, 0.1) is 0 Å². The van der Waals surface area contributed by atoms with Gasteiger partial charge in [0.05, 0.1) is 11.0 Å². The first-order valence-electron chi connectivity index (χ1n) is 3.93. The van der Waals surface area contributed by atoms with Gasteiger partial charge in [-0.1, -0.05) is 25.6 Å². The first-order valence-corrected chi connectivity index (χ1v) is 5.82. The Hall–Kier alpha value is -0.240. The summed E-state index contributed by atoms with van der Waals surface area (Å²) in [6.07, 6.45) is 1.42. The summed E-state index contributed by atoms with van der Waals surface area (Å²) in [6, 6.07) is -0.461. The highest BCUT2D eigenvalue weighted by Gasteiger charge is 2.17. The molecule has 13 heavy (non-hydrogen) atoms. The molecular weight excluding hydrogens is 210 g/mol. The van der Waals surface area contributed by atoms with Crippen molar-refractivity contribution in [1.82, 2.24) is 9.44 Å². The van der Waals surface area contributed by atoms with E-state index in [0.717, 1.165) is 6.42 Å². The average Bonchev–Trinajstić information content (AvgIpc) is 2.03. The second-order valence-electron chi connectivity index (χ2n) is 2.57. The molecule has 0 aliphatic heterocycles. The molecule has 0 saturated carbocycles. The average molecular weight is 225 g/mol. The molecule has 7 heteroatoms. The summed E-state index contributed by atoms with van der Waals surface area (Å²) in [4.78, 5) is 0.167. The molecular formula is C6H15N3O2S2. The minimum absolute atomic E-state index is 0.167. The normalized spacial score (nSPS) is 14.0. The summed E-state index contributed by atoms with van der Waals surface area (Å²) in [5, 5.41) is 0. The van der Waals surface area contributed by atoms with Crippen molar-refractivity contribution in [3.63, 3.8) is 0 Å². The number of thiocarbonyl (C=S) groups is 1. The van der Waals surface area contributed by atoms with Crippen molar-refractivity contribution in [2.24, 2.45) is 5.73 Å². The maximum absolute atomic E-state index is 11.1. The van der Waals surface area contributed by atoms with Crippen LogP contribution in [0.1, 0.15) is 19.8 Å². The van der Waals surface area contributed by atoms with Gasteiger partial charge in [0, 0.05) is 7.05 Å². The zero-order valence-corrected chi connectivity index (χ0v) is 9.33. The van der Waals surface area contributed by atoms with Crippen molar-refractivity contribution in [2.75, 3.05) is 7.05 Å². The second-order valence-corrected chi connectivity index (χ2v) is 4.69. The largest absolute Gasteiger partial charge is 0.392 e. The quantitative estimate of drug-likeness (QED) is 0.532. The molecule has 0 aliphatic rings. The van der Waals surface area contributed by atoms with Crippen LogP contribution in [0.15, 0.2) is 0 Å². The number of nitrogens with two attached hydrogens (primary N) is 1. The first kappa shape index (κ1) is 12.8. The molecule has 0 amide bonds. The molecule has 0 saturated heterocycles. The number of hydrogen-bond donors (Lipinski definition) is 3. The van der Waals surface area contributed by atoms with E-state index in [-0.39, 0.29) is 4.99 Å². The van der Waals surface area contributed by atoms with Crippen molar-refractivity contribution in [1.29, 1.82) is 0 Å². The molecule has 4 N–H and O–H groups in total. The fourth-order valence-corrected chi connectivity index (χ4v) is 1.78. The lowest BCUT2D eigenvalue weighted by atomic mass is 10.2. The molecule has 0 rings (SSSR count). The smallest absolute Gasteiger partial charge is 0.277 e. The second kappa shape index (κ2) is 5.48. The summed E-state index contributed by atoms with van der Waals surface area (Å²) < 4.78 is 26.6. The molecule has 1 atom stereocenters. The zero-order chi connectivity index (χ0) is 10.5. The lowest BCUT2D eigenvalue weighted by molar-refractivity contribution is 0.559. The third-order valence-corrected chi connectivity index (χ3v) is 2.90. The summed E-state index contributed by atoms with van der Waals surface area (Å²) in [7, 11) is -2.13. The van der Waals surface area contributed by atoms with Crippen LogP contribution in [0.5, 0.6) is 0 Å². The highest BCUT2D eigenvalue weighted by Crippen LogP contribution is 1.98. The first-order chi connectivity index (χ1) is 5.93. The van der Waals surface area contributed by atoms with Crippen LogP contribution in [-0.2, 0) is 10.2 Å². The Labute approximate surface area is 84.3 Å². The van der Waals surface area contributed by atoms with Gasteiger partial charge in [-0.25, -0.2) is 4.72 Å². The van der Waals surface area contributed by atoms with Gasteiger partial charge in [-0.05, 0) is 6.42 Å². The third kappa shape index (κ3) is 5.14. The summed E-state index contributed by atoms with van der Waals surface area (Å²) in [5.74, 6) is 0. The van der Waals surface area contributed by atoms with Crippen LogP contribution >= 0.6 is 12.2 Å². The van der Waals surface area contributed by atoms with Crippen LogP contribution in [-0.4, -0.2) is 26.5 Å². The molecule has 5 nitrogen and oxygen atoms in total. The lowest BCUT2D eigenvalue weighted by Gasteiger charge is -2.15. The van der Waals surface area contributed by atoms with Gasteiger partial charge in [-0.3, -0.25) is 0 Å². The minimum Gasteiger partial charge on any atom is -0.392 e. The summed E-state index contributed by atoms with van der Waals surface area (Å²) >= 11 is 4.72. The molecule has 0 heterocycles. The Morgan fingerprint density at radius 2 is 2.15 bits per heavy atom. The Morgan fingerprint density at radius 3 is 2.46 bits per heavy atom. The maximum Gasteiger partial charge on any atom is 0.277 e. The monoisotopic (exact) mass is 225 g/mol. The Kier molecular flexibility index (Phi) is 5.38. The summed E-state index contributed by atoms with van der Waals surface area (Å²) in [6.45, 7) is 1.93. The SMILES string of the molecule is CCCC(NS(=O)(=O)NC)C(N)=S. The van der Waals surface area contributed by atoms with Crippen LogP contribution < -0.4 is 15.2 Å². The van der Waals surface area contributed by atoms with E-state index >= 15 is 0 Å². The molecule has 0 fully saturated rings. The predicted molar refractivity (Wildman–Crippen MR) is 56.6 cm³/mol. The number of hydrogen-bond acceptors (Lipinski definition) is 3. The van der Waals surface area contributed by atoms with Crippen LogP contribution in [0.4, 0.5) is 0 Å². The van der Waals surface area contributed by atoms with Crippen molar-refractivity contribution >= 4 is 27.4 Å². The van der Waals surface area contributed by atoms with Crippen molar-refractivity contribution in [3.05, 3.63) is 0 Å². The van der Waals surface area contributed by atoms with Crippen molar-refractivity contribution in [2.45, 2.75) is 25.8 Å². The van der Waals surface area contributed by atoms with E-state index in [1.807, 2.05) is 6.92 Å². The van der Waals surface area contributed by atoms with E-state index in [1.165, 1.54) is 7.05 Å². The maximum atomic E-state index is 11.1. The van der Waals surface area contributed by atoms with Crippen molar-refractivity contribution < 1.29 is 8.42 Å². The van der Waals surface area contributed by atoms with Gasteiger partial charge in [0.1, 0.15) is 0 Å². The van der Waals surface area contributed by atoms with Gasteiger partial charge >= 0.3 is 0 Å². The van der Waals surface area contributed by atoms with Crippen LogP contribution in [0.25, 0.3) is 0 Å². The van der Waals surface area contributed by atoms with Gasteiger partial charge in [0.15, 0.2) is 0 Å². The zero-order valence-electron chi connectivity index (χ0n) is 7.70. The fourth-order valence-electron chi connectivity index (χ4n) is 0.794. The van der Waals surface area contributed by atoms with E-state index in [9.17, 15) is 8.42 Å². The van der Waals surface area contributed by atoms with E-state index in [4.69, 9.17) is 18.0 Å². The lowest BCUT2D eigenvalue weighted by Crippen LogP contribution is -2.47. The van der Waals surface area contributed by atoms with Crippen LogP contribution in [0.3, 0.4) is 0 Å². The Morgan fingerprint density at radius 1 is 1.62 bits per heavy atom. The predicted octanol–water partition coefficient (Wildman–Crippen LogP) is -0.505. The highest BCUT2D eigenvalue weighted by molar-refractivity contribution is 7.87. The van der Waals surface area contributed by atoms with Gasteiger partial charge in [-0.2, -0.15) is 13.1 Å². The van der Waals surface area contributed by atoms with E-state index in [1.54, 1.807) is 0 Å². The minimum atomic E-state index is -3.45. The molecule has 1 unspecified atom stereocenters. The highest BCUT2D eigenvalue weighted by atomic mass is 32.2. The molecule has 0 aromatic carbocycles. The van der Waals surface area contributed by atoms with E-state index < -0.39 is 16.3 Å².